The number of fused-ring (bicyclic) bond motifs is 1. The predicted octanol–water partition coefficient (Wildman–Crippen LogP) is 1.97. The van der Waals surface area contributed by atoms with Gasteiger partial charge in [0.15, 0.2) is 5.69 Å². The van der Waals surface area contributed by atoms with Crippen LogP contribution in [0.3, 0.4) is 0 Å². The van der Waals surface area contributed by atoms with Gasteiger partial charge in [0.25, 0.3) is 11.8 Å². The first kappa shape index (κ1) is 17.2. The number of anilines is 1. The average Bonchev–Trinajstić information content (AvgIpc) is 3.17. The van der Waals surface area contributed by atoms with Crippen LogP contribution in [0.2, 0.25) is 0 Å². The van der Waals surface area contributed by atoms with Gasteiger partial charge >= 0.3 is 0 Å². The Bertz CT molecular complexity index is 805. The van der Waals surface area contributed by atoms with Gasteiger partial charge in [-0.3, -0.25) is 14.3 Å². The Hall–Kier alpha value is -2.64. The van der Waals surface area contributed by atoms with Crippen LogP contribution in [-0.2, 0) is 19.4 Å². The molecular weight excluding hydrogens is 322 g/mol. The summed E-state index contributed by atoms with van der Waals surface area (Å²) < 4.78 is 6.90. The Balaban J connectivity index is 1.89. The van der Waals surface area contributed by atoms with E-state index in [0.717, 1.165) is 30.6 Å². The minimum atomic E-state index is -0.373. The zero-order chi connectivity index (χ0) is 18.1. The lowest BCUT2D eigenvalue weighted by molar-refractivity contribution is 0.0816. The highest BCUT2D eigenvalue weighted by Gasteiger charge is 2.28. The van der Waals surface area contributed by atoms with Crippen LogP contribution >= 0.6 is 0 Å². The van der Waals surface area contributed by atoms with Crippen molar-refractivity contribution in [3.63, 3.8) is 0 Å². The van der Waals surface area contributed by atoms with Gasteiger partial charge in [0.1, 0.15) is 11.5 Å². The summed E-state index contributed by atoms with van der Waals surface area (Å²) in [5.74, 6) is 0.692. The monoisotopic (exact) mass is 345 g/mol. The van der Waals surface area contributed by atoms with Crippen molar-refractivity contribution < 1.29 is 14.1 Å². The number of carbonyl (C=O) groups is 2. The predicted molar refractivity (Wildman–Crippen MR) is 91.6 cm³/mol. The third-order valence-corrected chi connectivity index (χ3v) is 4.50. The minimum Gasteiger partial charge on any atom is -0.360 e. The maximum Gasteiger partial charge on any atom is 0.278 e. The average molecular weight is 345 g/mol. The molecule has 8 heteroatoms. The van der Waals surface area contributed by atoms with Gasteiger partial charge in [-0.25, -0.2) is 0 Å². The van der Waals surface area contributed by atoms with Crippen LogP contribution in [0.1, 0.15) is 52.6 Å². The van der Waals surface area contributed by atoms with Crippen LogP contribution in [0.4, 0.5) is 5.69 Å². The van der Waals surface area contributed by atoms with Crippen LogP contribution in [0.15, 0.2) is 10.7 Å². The molecule has 8 nitrogen and oxygen atoms in total. The zero-order valence-corrected chi connectivity index (χ0v) is 15.0. The van der Waals surface area contributed by atoms with Gasteiger partial charge in [0.05, 0.1) is 11.9 Å². The highest BCUT2D eigenvalue weighted by atomic mass is 16.5. The maximum absolute atomic E-state index is 12.7. The highest BCUT2D eigenvalue weighted by molar-refractivity contribution is 6.08. The Kier molecular flexibility index (Phi) is 4.61. The fourth-order valence-electron chi connectivity index (χ4n) is 3.09. The smallest absolute Gasteiger partial charge is 0.278 e. The van der Waals surface area contributed by atoms with Gasteiger partial charge in [-0.05, 0) is 25.7 Å². The second-order valence-electron chi connectivity index (χ2n) is 6.66. The summed E-state index contributed by atoms with van der Waals surface area (Å²) in [6.45, 7) is 4.57. The first-order valence-electron chi connectivity index (χ1n) is 8.48. The Morgan fingerprint density at radius 3 is 2.88 bits per heavy atom. The summed E-state index contributed by atoms with van der Waals surface area (Å²) in [5, 5.41) is 10.9. The fraction of sp³-hybridized carbons (Fsp3) is 0.529. The molecule has 2 amide bonds. The molecule has 1 aliphatic rings. The van der Waals surface area contributed by atoms with E-state index in [4.69, 9.17) is 4.52 Å². The van der Waals surface area contributed by atoms with Gasteiger partial charge < -0.3 is 14.7 Å². The van der Waals surface area contributed by atoms with Crippen LogP contribution < -0.4 is 5.32 Å². The molecule has 1 N–H and O–H groups in total. The number of hydrogen-bond acceptors (Lipinski definition) is 5. The highest BCUT2D eigenvalue weighted by Crippen LogP contribution is 2.28. The quantitative estimate of drug-likeness (QED) is 0.914. The van der Waals surface area contributed by atoms with E-state index in [9.17, 15) is 9.59 Å². The van der Waals surface area contributed by atoms with E-state index >= 15 is 0 Å². The maximum atomic E-state index is 12.7. The van der Waals surface area contributed by atoms with Crippen LogP contribution in [0.5, 0.6) is 0 Å². The summed E-state index contributed by atoms with van der Waals surface area (Å²) in [5.41, 5.74) is 1.91. The zero-order valence-electron chi connectivity index (χ0n) is 15.0. The SMILES string of the molecule is CCn1ncc(NC(=O)c2noc3c2CC(C)CC3)c1C(=O)N(C)C. The van der Waals surface area contributed by atoms with Gasteiger partial charge in [0, 0.05) is 32.6 Å². The van der Waals surface area contributed by atoms with Crippen molar-refractivity contribution in [1.82, 2.24) is 19.8 Å². The molecule has 2 aromatic rings. The molecule has 0 bridgehead atoms. The largest absolute Gasteiger partial charge is 0.360 e. The molecule has 1 aliphatic carbocycles. The Morgan fingerprint density at radius 2 is 2.20 bits per heavy atom. The Morgan fingerprint density at radius 1 is 1.44 bits per heavy atom. The summed E-state index contributed by atoms with van der Waals surface area (Å²) >= 11 is 0. The molecule has 0 spiro atoms. The van der Waals surface area contributed by atoms with E-state index in [1.165, 1.54) is 11.1 Å². The Labute approximate surface area is 146 Å². The summed E-state index contributed by atoms with van der Waals surface area (Å²) in [6.07, 6.45) is 4.11. The summed E-state index contributed by atoms with van der Waals surface area (Å²) in [4.78, 5) is 26.6. The van der Waals surface area contributed by atoms with Crippen molar-refractivity contribution in [3.05, 3.63) is 28.9 Å². The molecule has 25 heavy (non-hydrogen) atoms. The number of aromatic nitrogens is 3. The molecule has 3 rings (SSSR count). The number of aryl methyl sites for hydroxylation is 2. The van der Waals surface area contributed by atoms with E-state index in [-0.39, 0.29) is 11.8 Å². The topological polar surface area (TPSA) is 93.3 Å². The second kappa shape index (κ2) is 6.70. The second-order valence-corrected chi connectivity index (χ2v) is 6.66. The van der Waals surface area contributed by atoms with Crippen molar-refractivity contribution in [2.45, 2.75) is 39.7 Å². The number of rotatable bonds is 4. The lowest BCUT2D eigenvalue weighted by Crippen LogP contribution is -2.27. The lowest BCUT2D eigenvalue weighted by atomic mass is 9.88. The molecule has 0 saturated carbocycles. The molecule has 134 valence electrons. The van der Waals surface area contributed by atoms with Crippen molar-refractivity contribution >= 4 is 17.5 Å². The number of nitrogens with zero attached hydrogens (tertiary/aromatic N) is 4. The molecule has 1 unspecified atom stereocenters. The third-order valence-electron chi connectivity index (χ3n) is 4.50. The van der Waals surface area contributed by atoms with E-state index in [2.05, 4.69) is 22.5 Å². The molecule has 0 fully saturated rings. The first-order valence-corrected chi connectivity index (χ1v) is 8.48. The van der Waals surface area contributed by atoms with Gasteiger partial charge in [-0.15, -0.1) is 0 Å². The lowest BCUT2D eigenvalue weighted by Gasteiger charge is -2.16. The molecule has 0 radical (unpaired) electrons. The summed E-state index contributed by atoms with van der Waals surface area (Å²) in [7, 11) is 3.33. The third kappa shape index (κ3) is 3.16. The van der Waals surface area contributed by atoms with Crippen molar-refractivity contribution in [2.24, 2.45) is 5.92 Å². The first-order chi connectivity index (χ1) is 11.9. The van der Waals surface area contributed by atoms with Crippen LogP contribution in [-0.4, -0.2) is 45.7 Å². The van der Waals surface area contributed by atoms with Crippen LogP contribution in [0.25, 0.3) is 0 Å². The number of nitrogens with one attached hydrogen (secondary N) is 1. The normalized spacial score (nSPS) is 16.4. The summed E-state index contributed by atoms with van der Waals surface area (Å²) in [6, 6.07) is 0. The van der Waals surface area contributed by atoms with Gasteiger partial charge in [0.2, 0.25) is 0 Å². The van der Waals surface area contributed by atoms with Gasteiger partial charge in [-0.1, -0.05) is 12.1 Å². The number of carbonyl (C=O) groups excluding carboxylic acids is 2. The standard InChI is InChI=1S/C17H23N5O3/c1-5-22-15(17(24)21(3)4)12(9-18-22)19-16(23)14-11-8-10(2)6-7-13(11)25-20-14/h9-10H,5-8H2,1-4H3,(H,19,23). The van der Waals surface area contributed by atoms with E-state index in [1.807, 2.05) is 6.92 Å². The molecule has 2 heterocycles. The van der Waals surface area contributed by atoms with E-state index in [1.54, 1.807) is 18.8 Å². The molecule has 0 aromatic carbocycles. The molecule has 2 aromatic heterocycles. The van der Waals surface area contributed by atoms with E-state index in [0.29, 0.717) is 29.5 Å². The van der Waals surface area contributed by atoms with Gasteiger partial charge in [-0.2, -0.15) is 5.10 Å². The molecule has 1 atom stereocenters. The van der Waals surface area contributed by atoms with Crippen LogP contribution in [0, 0.1) is 5.92 Å². The molecule has 0 aliphatic heterocycles. The van der Waals surface area contributed by atoms with Crippen molar-refractivity contribution in [1.29, 1.82) is 0 Å². The molecule has 0 saturated heterocycles. The minimum absolute atomic E-state index is 0.217. The fourth-order valence-corrected chi connectivity index (χ4v) is 3.09. The molecular formula is C17H23N5O3. The van der Waals surface area contributed by atoms with E-state index < -0.39 is 0 Å². The van der Waals surface area contributed by atoms with Crippen molar-refractivity contribution in [3.8, 4) is 0 Å². The van der Waals surface area contributed by atoms with Crippen molar-refractivity contribution in [2.75, 3.05) is 19.4 Å². The number of amides is 2. The number of hydrogen-bond donors (Lipinski definition) is 1.